The Morgan fingerprint density at radius 3 is 2.11 bits per heavy atom. The molecule has 0 fully saturated rings. The molecular weight excluding hydrogens is 367 g/mol. The van der Waals surface area contributed by atoms with Gasteiger partial charge in [0, 0.05) is 31.5 Å². The zero-order valence-corrected chi connectivity index (χ0v) is 16.6. The zero-order chi connectivity index (χ0) is 20.9. The fraction of sp³-hybridized carbons (Fsp3) is 0.381. The van der Waals surface area contributed by atoms with Crippen LogP contribution in [0.15, 0.2) is 48.5 Å². The van der Waals surface area contributed by atoms with Gasteiger partial charge in [0.25, 0.3) is 0 Å². The van der Waals surface area contributed by atoms with Gasteiger partial charge in [-0.25, -0.2) is 0 Å². The Balaban J connectivity index is 2.29. The van der Waals surface area contributed by atoms with Crippen molar-refractivity contribution in [3.05, 3.63) is 59.7 Å². The third-order valence-corrected chi connectivity index (χ3v) is 4.49. The molecule has 0 aliphatic rings. The molecule has 0 spiro atoms. The lowest BCUT2D eigenvalue weighted by molar-refractivity contribution is -0.137. The first-order valence-corrected chi connectivity index (χ1v) is 8.98. The van der Waals surface area contributed by atoms with Crippen LogP contribution in [0.1, 0.15) is 11.1 Å². The normalized spacial score (nSPS) is 11.6. The van der Waals surface area contributed by atoms with E-state index in [0.717, 1.165) is 11.6 Å². The fourth-order valence-electron chi connectivity index (χ4n) is 2.78. The van der Waals surface area contributed by atoms with E-state index in [4.69, 9.17) is 0 Å². The predicted octanol–water partition coefficient (Wildman–Crippen LogP) is 4.04. The minimum atomic E-state index is -4.49. The van der Waals surface area contributed by atoms with Gasteiger partial charge in [0.15, 0.2) is 0 Å². The summed E-state index contributed by atoms with van der Waals surface area (Å²) in [4.78, 5) is 17.6. The lowest BCUT2D eigenvalue weighted by Gasteiger charge is -2.30. The van der Waals surface area contributed by atoms with Gasteiger partial charge in [-0.05, 0) is 45.3 Å². The topological polar surface area (TPSA) is 26.8 Å². The summed E-state index contributed by atoms with van der Waals surface area (Å²) < 4.78 is 40.4. The lowest BCUT2D eigenvalue weighted by Crippen LogP contribution is -2.42. The summed E-state index contributed by atoms with van der Waals surface area (Å²) in [6.45, 7) is 2.62. The second-order valence-electron chi connectivity index (χ2n) is 7.03. The van der Waals surface area contributed by atoms with Crippen LogP contribution < -0.4 is 9.80 Å². The van der Waals surface area contributed by atoms with Crippen LogP contribution in [0.2, 0.25) is 0 Å². The number of amides is 1. The molecule has 0 saturated heterocycles. The number of hydrogen-bond donors (Lipinski definition) is 0. The van der Waals surface area contributed by atoms with E-state index in [1.165, 1.54) is 21.9 Å². The summed E-state index contributed by atoms with van der Waals surface area (Å²) in [6.07, 6.45) is -4.49. The molecule has 4 nitrogen and oxygen atoms in total. The highest BCUT2D eigenvalue weighted by atomic mass is 19.4. The van der Waals surface area contributed by atoms with Crippen LogP contribution in [0.5, 0.6) is 0 Å². The standard InChI is InChI=1S/C21H26F3N3O/c1-16-9-11-17(12-10-16)26(4)20(28)15-27(14-13-25(2)3)19-8-6-5-7-18(19)21(22,23)24/h5-12H,13-15H2,1-4H3. The summed E-state index contributed by atoms with van der Waals surface area (Å²) >= 11 is 0. The minimum Gasteiger partial charge on any atom is -0.360 e. The van der Waals surface area contributed by atoms with Crippen LogP contribution in [0.4, 0.5) is 24.5 Å². The number of carbonyl (C=O) groups excluding carboxylic acids is 1. The minimum absolute atomic E-state index is 0.0162. The molecule has 0 aliphatic carbocycles. The molecule has 0 aliphatic heterocycles. The molecule has 0 saturated carbocycles. The smallest absolute Gasteiger partial charge is 0.360 e. The first-order valence-electron chi connectivity index (χ1n) is 8.98. The van der Waals surface area contributed by atoms with Gasteiger partial charge in [-0.1, -0.05) is 29.8 Å². The lowest BCUT2D eigenvalue weighted by atomic mass is 10.1. The van der Waals surface area contributed by atoms with E-state index >= 15 is 0 Å². The van der Waals surface area contributed by atoms with Gasteiger partial charge < -0.3 is 14.7 Å². The number of para-hydroxylation sites is 1. The molecule has 2 aromatic carbocycles. The summed E-state index contributed by atoms with van der Waals surface area (Å²) in [7, 11) is 5.31. The number of hydrogen-bond acceptors (Lipinski definition) is 3. The molecule has 7 heteroatoms. The third-order valence-electron chi connectivity index (χ3n) is 4.49. The van der Waals surface area contributed by atoms with Gasteiger partial charge in [-0.15, -0.1) is 0 Å². The Labute approximate surface area is 164 Å². The maximum atomic E-state index is 13.5. The van der Waals surface area contributed by atoms with Crippen molar-refractivity contribution in [3.63, 3.8) is 0 Å². The molecule has 1 amide bonds. The number of carbonyl (C=O) groups is 1. The van der Waals surface area contributed by atoms with Crippen molar-refractivity contribution in [2.24, 2.45) is 0 Å². The van der Waals surface area contributed by atoms with Gasteiger partial charge in [-0.2, -0.15) is 13.2 Å². The molecule has 152 valence electrons. The summed E-state index contributed by atoms with van der Waals surface area (Å²) in [5.41, 5.74) is 1.05. The number of benzene rings is 2. The van der Waals surface area contributed by atoms with Crippen LogP contribution in [0.3, 0.4) is 0 Å². The van der Waals surface area contributed by atoms with Crippen molar-refractivity contribution in [1.82, 2.24) is 4.90 Å². The van der Waals surface area contributed by atoms with Gasteiger partial charge in [-0.3, -0.25) is 4.79 Å². The highest BCUT2D eigenvalue weighted by molar-refractivity contribution is 5.96. The van der Waals surface area contributed by atoms with E-state index in [1.54, 1.807) is 13.1 Å². The molecule has 28 heavy (non-hydrogen) atoms. The Morgan fingerprint density at radius 2 is 1.54 bits per heavy atom. The number of aryl methyl sites for hydroxylation is 1. The van der Waals surface area contributed by atoms with E-state index in [0.29, 0.717) is 18.8 Å². The Morgan fingerprint density at radius 1 is 0.929 bits per heavy atom. The number of nitrogens with zero attached hydrogens (tertiary/aromatic N) is 3. The van der Waals surface area contributed by atoms with E-state index in [-0.39, 0.29) is 18.1 Å². The van der Waals surface area contributed by atoms with Crippen molar-refractivity contribution in [2.75, 3.05) is 50.6 Å². The molecule has 0 heterocycles. The second-order valence-corrected chi connectivity index (χ2v) is 7.03. The maximum Gasteiger partial charge on any atom is 0.418 e. The second kappa shape index (κ2) is 9.10. The molecule has 0 radical (unpaired) electrons. The first-order chi connectivity index (χ1) is 13.1. The fourth-order valence-corrected chi connectivity index (χ4v) is 2.78. The molecule has 0 unspecified atom stereocenters. The molecule has 0 aromatic heterocycles. The highest BCUT2D eigenvalue weighted by Gasteiger charge is 2.35. The average molecular weight is 393 g/mol. The Bertz CT molecular complexity index is 788. The van der Waals surface area contributed by atoms with E-state index in [1.807, 2.05) is 50.2 Å². The highest BCUT2D eigenvalue weighted by Crippen LogP contribution is 2.36. The molecule has 0 N–H and O–H groups in total. The van der Waals surface area contributed by atoms with E-state index in [9.17, 15) is 18.0 Å². The van der Waals surface area contributed by atoms with Crippen molar-refractivity contribution < 1.29 is 18.0 Å². The zero-order valence-electron chi connectivity index (χ0n) is 16.6. The summed E-state index contributed by atoms with van der Waals surface area (Å²) in [5.74, 6) is -0.278. The SMILES string of the molecule is Cc1ccc(N(C)C(=O)CN(CCN(C)C)c2ccccc2C(F)(F)F)cc1. The molecular formula is C21H26F3N3O. The number of halogens is 3. The average Bonchev–Trinajstić information content (AvgIpc) is 2.64. The third kappa shape index (κ3) is 5.73. The van der Waals surface area contributed by atoms with Gasteiger partial charge >= 0.3 is 6.18 Å². The summed E-state index contributed by atoms with van der Waals surface area (Å²) in [5, 5.41) is 0. The van der Waals surface area contributed by atoms with Crippen LogP contribution in [-0.4, -0.2) is 51.6 Å². The molecule has 2 aromatic rings. The van der Waals surface area contributed by atoms with Crippen LogP contribution in [-0.2, 0) is 11.0 Å². The Kier molecular flexibility index (Phi) is 7.07. The largest absolute Gasteiger partial charge is 0.418 e. The maximum absolute atomic E-state index is 13.5. The van der Waals surface area contributed by atoms with E-state index in [2.05, 4.69) is 0 Å². The number of rotatable bonds is 7. The van der Waals surface area contributed by atoms with Crippen LogP contribution in [0.25, 0.3) is 0 Å². The number of anilines is 2. The molecule has 0 atom stereocenters. The summed E-state index contributed by atoms with van der Waals surface area (Å²) in [6, 6.07) is 12.8. The Hall–Kier alpha value is -2.54. The van der Waals surface area contributed by atoms with E-state index < -0.39 is 11.7 Å². The molecule has 0 bridgehead atoms. The van der Waals surface area contributed by atoms with Gasteiger partial charge in [0.1, 0.15) is 0 Å². The van der Waals surface area contributed by atoms with Gasteiger partial charge in [0.05, 0.1) is 12.1 Å². The van der Waals surface area contributed by atoms with Crippen molar-refractivity contribution in [2.45, 2.75) is 13.1 Å². The predicted molar refractivity (Wildman–Crippen MR) is 107 cm³/mol. The van der Waals surface area contributed by atoms with Crippen LogP contribution >= 0.6 is 0 Å². The quantitative estimate of drug-likeness (QED) is 0.710. The monoisotopic (exact) mass is 393 g/mol. The van der Waals surface area contributed by atoms with Crippen molar-refractivity contribution >= 4 is 17.3 Å². The van der Waals surface area contributed by atoms with Crippen molar-refractivity contribution in [1.29, 1.82) is 0 Å². The first kappa shape index (κ1) is 21.8. The number of likely N-dealkylation sites (N-methyl/N-ethyl adjacent to an activating group) is 2. The molecule has 2 rings (SSSR count). The van der Waals surface area contributed by atoms with Crippen molar-refractivity contribution in [3.8, 4) is 0 Å². The van der Waals surface area contributed by atoms with Gasteiger partial charge in [0.2, 0.25) is 5.91 Å². The number of alkyl halides is 3. The van der Waals surface area contributed by atoms with Crippen LogP contribution in [0, 0.1) is 6.92 Å².